The van der Waals surface area contributed by atoms with Gasteiger partial charge >= 0.3 is 0 Å². The summed E-state index contributed by atoms with van der Waals surface area (Å²) < 4.78 is 2.35. The molecule has 1 aromatic carbocycles. The third-order valence-corrected chi connectivity index (χ3v) is 7.85. The van der Waals surface area contributed by atoms with Crippen molar-refractivity contribution in [3.8, 4) is 11.1 Å². The van der Waals surface area contributed by atoms with Gasteiger partial charge in [-0.25, -0.2) is 4.98 Å². The van der Waals surface area contributed by atoms with Crippen LogP contribution in [0.5, 0.6) is 0 Å². The predicted molar refractivity (Wildman–Crippen MR) is 143 cm³/mol. The number of unbranched alkanes of at least 4 members (excludes halogenated alkanes) is 1. The number of aliphatic hydroxyl groups excluding tert-OH is 1. The largest absolute Gasteiger partial charge is 0.393 e. The molecule has 0 amide bonds. The predicted octanol–water partition coefficient (Wildman–Crippen LogP) is 4.75. The second-order valence-electron chi connectivity index (χ2n) is 10.2. The number of fused-ring (bicyclic) bond motifs is 1. The summed E-state index contributed by atoms with van der Waals surface area (Å²) in [6, 6.07) is 9.85. The van der Waals surface area contributed by atoms with Gasteiger partial charge < -0.3 is 20.3 Å². The van der Waals surface area contributed by atoms with Gasteiger partial charge in [0.1, 0.15) is 5.65 Å². The summed E-state index contributed by atoms with van der Waals surface area (Å²) in [6.07, 6.45) is 10.00. The number of nitrogens with zero attached hydrogens (tertiary/aromatic N) is 4. The van der Waals surface area contributed by atoms with Crippen LogP contribution in [0.1, 0.15) is 70.0 Å². The van der Waals surface area contributed by atoms with Crippen LogP contribution in [0.15, 0.2) is 36.7 Å². The molecule has 1 saturated heterocycles. The topological polar surface area (TPSA) is 78.2 Å². The van der Waals surface area contributed by atoms with Crippen molar-refractivity contribution < 1.29 is 5.11 Å². The Kier molecular flexibility index (Phi) is 7.66. The second-order valence-corrected chi connectivity index (χ2v) is 10.2. The summed E-state index contributed by atoms with van der Waals surface area (Å²) in [5.41, 5.74) is 4.75. The molecule has 2 fully saturated rings. The zero-order valence-corrected chi connectivity index (χ0v) is 21.2. The first kappa shape index (κ1) is 24.2. The Labute approximate surface area is 209 Å². The Bertz CT molecular complexity index is 1100. The maximum atomic E-state index is 10.0. The van der Waals surface area contributed by atoms with Gasteiger partial charge in [0.05, 0.1) is 6.10 Å². The van der Waals surface area contributed by atoms with Crippen LogP contribution in [0.3, 0.4) is 0 Å². The summed E-state index contributed by atoms with van der Waals surface area (Å²) >= 11 is 0. The lowest BCUT2D eigenvalue weighted by atomic mass is 9.93. The number of rotatable bonds is 8. The maximum absolute atomic E-state index is 10.0. The van der Waals surface area contributed by atoms with Gasteiger partial charge in [-0.05, 0) is 50.2 Å². The van der Waals surface area contributed by atoms with Crippen LogP contribution in [-0.4, -0.2) is 63.4 Å². The zero-order valence-electron chi connectivity index (χ0n) is 21.2. The van der Waals surface area contributed by atoms with Crippen LogP contribution in [0.2, 0.25) is 0 Å². The molecule has 0 radical (unpaired) electrons. The summed E-state index contributed by atoms with van der Waals surface area (Å²) in [7, 11) is 0. The Balaban J connectivity index is 1.45. The first-order chi connectivity index (χ1) is 17.1. The van der Waals surface area contributed by atoms with Crippen molar-refractivity contribution in [2.45, 2.75) is 70.6 Å². The highest BCUT2D eigenvalue weighted by Crippen LogP contribution is 2.37. The lowest BCUT2D eigenvalue weighted by Crippen LogP contribution is -2.44. The average Bonchev–Trinajstić information content (AvgIpc) is 3.28. The molecule has 1 atom stereocenters. The van der Waals surface area contributed by atoms with Gasteiger partial charge in [0.2, 0.25) is 5.95 Å². The summed E-state index contributed by atoms with van der Waals surface area (Å²) in [4.78, 5) is 12.2. The van der Waals surface area contributed by atoms with Gasteiger partial charge in [-0.1, -0.05) is 37.6 Å². The van der Waals surface area contributed by atoms with E-state index in [-0.39, 0.29) is 6.10 Å². The van der Waals surface area contributed by atoms with E-state index in [9.17, 15) is 5.11 Å². The molecule has 35 heavy (non-hydrogen) atoms. The van der Waals surface area contributed by atoms with E-state index < -0.39 is 0 Å². The van der Waals surface area contributed by atoms with Crippen LogP contribution in [0, 0.1) is 0 Å². The Morgan fingerprint density at radius 1 is 1.11 bits per heavy atom. The molecule has 188 valence electrons. The van der Waals surface area contributed by atoms with Crippen molar-refractivity contribution in [3.05, 3.63) is 42.2 Å². The smallest absolute Gasteiger partial charge is 0.224 e. The molecule has 3 aromatic rings. The van der Waals surface area contributed by atoms with Crippen molar-refractivity contribution in [1.82, 2.24) is 24.8 Å². The number of aliphatic hydroxyl groups is 1. The minimum Gasteiger partial charge on any atom is -0.393 e. The van der Waals surface area contributed by atoms with Crippen molar-refractivity contribution >= 4 is 17.0 Å². The maximum Gasteiger partial charge on any atom is 0.224 e. The van der Waals surface area contributed by atoms with Crippen LogP contribution >= 0.6 is 0 Å². The molecular formula is C28H40N6O. The van der Waals surface area contributed by atoms with E-state index in [4.69, 9.17) is 4.98 Å². The highest BCUT2D eigenvalue weighted by Gasteiger charge is 2.24. The number of aromatic nitrogens is 3. The first-order valence-corrected chi connectivity index (χ1v) is 13.5. The molecular weight excluding hydrogens is 436 g/mol. The molecule has 5 rings (SSSR count). The third-order valence-electron chi connectivity index (χ3n) is 7.85. The van der Waals surface area contributed by atoms with E-state index >= 15 is 0 Å². The number of benzene rings is 1. The molecule has 1 saturated carbocycles. The number of hydrogen-bond donors (Lipinski definition) is 3. The lowest BCUT2D eigenvalue weighted by Gasteiger charge is -2.33. The van der Waals surface area contributed by atoms with Gasteiger partial charge in [0.15, 0.2) is 0 Å². The van der Waals surface area contributed by atoms with Gasteiger partial charge in [-0.15, -0.1) is 0 Å². The minimum absolute atomic E-state index is 0.168. The zero-order chi connectivity index (χ0) is 24.2. The monoisotopic (exact) mass is 476 g/mol. The quantitative estimate of drug-likeness (QED) is 0.407. The van der Waals surface area contributed by atoms with E-state index in [1.165, 1.54) is 16.7 Å². The van der Waals surface area contributed by atoms with Crippen LogP contribution < -0.4 is 10.6 Å². The first-order valence-electron chi connectivity index (χ1n) is 13.5. The van der Waals surface area contributed by atoms with Gasteiger partial charge in [-0.3, -0.25) is 4.90 Å². The highest BCUT2D eigenvalue weighted by molar-refractivity contribution is 5.94. The number of anilines is 1. The summed E-state index contributed by atoms with van der Waals surface area (Å²) in [6.45, 7) is 9.71. The SMILES string of the molecule is CCCCNc1ncc2c(-c3ccc([C@@H](C)N4CCNCC4)cc3)cn([C@H]3CC[C@H](O)CC3)c2n1. The van der Waals surface area contributed by atoms with Crippen LogP contribution in [0.25, 0.3) is 22.2 Å². The van der Waals surface area contributed by atoms with Crippen molar-refractivity contribution in [3.63, 3.8) is 0 Å². The van der Waals surface area contributed by atoms with E-state index in [0.29, 0.717) is 18.0 Å². The van der Waals surface area contributed by atoms with Crippen molar-refractivity contribution in [2.24, 2.45) is 0 Å². The minimum atomic E-state index is -0.168. The highest BCUT2D eigenvalue weighted by atomic mass is 16.3. The fraction of sp³-hybridized carbons (Fsp3) is 0.571. The molecule has 0 unspecified atom stereocenters. The molecule has 2 aliphatic rings. The Morgan fingerprint density at radius 3 is 2.57 bits per heavy atom. The van der Waals surface area contributed by atoms with E-state index in [0.717, 1.165) is 82.3 Å². The molecule has 7 nitrogen and oxygen atoms in total. The fourth-order valence-corrected chi connectivity index (χ4v) is 5.56. The molecule has 7 heteroatoms. The van der Waals surface area contributed by atoms with E-state index in [1.807, 2.05) is 6.20 Å². The molecule has 1 aliphatic carbocycles. The van der Waals surface area contributed by atoms with Gasteiger partial charge in [-0.2, -0.15) is 4.98 Å². The lowest BCUT2D eigenvalue weighted by molar-refractivity contribution is 0.111. The third kappa shape index (κ3) is 5.37. The van der Waals surface area contributed by atoms with E-state index in [1.54, 1.807) is 0 Å². The number of hydrogen-bond acceptors (Lipinski definition) is 6. The fourth-order valence-electron chi connectivity index (χ4n) is 5.56. The number of piperazine rings is 1. The van der Waals surface area contributed by atoms with Crippen molar-refractivity contribution in [1.29, 1.82) is 0 Å². The normalized spacial score (nSPS) is 22.4. The van der Waals surface area contributed by atoms with Crippen LogP contribution in [0.4, 0.5) is 5.95 Å². The molecule has 3 heterocycles. The number of nitrogens with one attached hydrogen (secondary N) is 2. The van der Waals surface area contributed by atoms with Gasteiger partial charge in [0.25, 0.3) is 0 Å². The standard InChI is InChI=1S/C28H40N6O/c1-3-4-13-30-28-31-18-25-26(19-34(27(25)32-28)23-9-11-24(35)12-10-23)22-7-5-21(6-8-22)20(2)33-16-14-29-15-17-33/h5-8,18-20,23-24,29,35H,3-4,9-17H2,1-2H3,(H,30,31,32)/t20-,23-,24-/m1/s1. The second kappa shape index (κ2) is 11.1. The average molecular weight is 477 g/mol. The summed E-state index contributed by atoms with van der Waals surface area (Å²) in [5.74, 6) is 0.702. The Morgan fingerprint density at radius 2 is 1.86 bits per heavy atom. The Hall–Kier alpha value is -2.48. The molecule has 1 aliphatic heterocycles. The van der Waals surface area contributed by atoms with E-state index in [2.05, 4.69) is 69.4 Å². The molecule has 2 aromatic heterocycles. The summed E-state index contributed by atoms with van der Waals surface area (Å²) in [5, 5.41) is 18.0. The molecule has 3 N–H and O–H groups in total. The van der Waals surface area contributed by atoms with Gasteiger partial charge in [0, 0.05) is 68.2 Å². The van der Waals surface area contributed by atoms with Crippen LogP contribution in [-0.2, 0) is 0 Å². The molecule has 0 bridgehead atoms. The van der Waals surface area contributed by atoms with Crippen molar-refractivity contribution in [2.75, 3.05) is 38.0 Å². The molecule has 0 spiro atoms.